The molecule has 1 aliphatic carbocycles. The average Bonchev–Trinajstić information content (AvgIpc) is 3.47. The number of nitrogens with zero attached hydrogens (tertiary/aromatic N) is 3. The summed E-state index contributed by atoms with van der Waals surface area (Å²) in [5.41, 5.74) is 4.51. The Morgan fingerprint density at radius 3 is 2.83 bits per heavy atom. The largest absolute Gasteiger partial charge is 0.376 e. The van der Waals surface area contributed by atoms with Crippen LogP contribution < -0.4 is 5.69 Å². The molecule has 156 valence electrons. The summed E-state index contributed by atoms with van der Waals surface area (Å²) in [6.45, 7) is 1.45. The maximum absolute atomic E-state index is 12.9. The summed E-state index contributed by atoms with van der Waals surface area (Å²) < 4.78 is 7.67. The van der Waals surface area contributed by atoms with Crippen LogP contribution in [0.2, 0.25) is 0 Å². The quantitative estimate of drug-likeness (QED) is 0.411. The summed E-state index contributed by atoms with van der Waals surface area (Å²) in [7, 11) is 0. The predicted octanol–water partition coefficient (Wildman–Crippen LogP) is 4.72. The molecular weight excluding hydrogens is 414 g/mol. The summed E-state index contributed by atoms with van der Waals surface area (Å²) in [5.74, 6) is 0.734. The summed E-state index contributed by atoms with van der Waals surface area (Å²) in [6.07, 6.45) is 6.53. The summed E-state index contributed by atoms with van der Waals surface area (Å²) in [6, 6.07) is 10.3. The zero-order valence-electron chi connectivity index (χ0n) is 16.9. The molecule has 0 bridgehead atoms. The highest BCUT2D eigenvalue weighted by Crippen LogP contribution is 2.32. The molecule has 1 unspecified atom stereocenters. The van der Waals surface area contributed by atoms with Crippen LogP contribution in [0.25, 0.3) is 10.6 Å². The number of fused-ring (bicyclic) bond motifs is 1. The topological polar surface area (TPSA) is 57.0 Å². The highest BCUT2D eigenvalue weighted by Gasteiger charge is 2.24. The van der Waals surface area contributed by atoms with Crippen molar-refractivity contribution in [3.63, 3.8) is 0 Å². The van der Waals surface area contributed by atoms with Crippen LogP contribution in [0.4, 0.5) is 0 Å². The van der Waals surface area contributed by atoms with Crippen molar-refractivity contribution in [1.82, 2.24) is 14.5 Å². The molecule has 1 aliphatic heterocycles. The zero-order valence-corrected chi connectivity index (χ0v) is 18.5. The van der Waals surface area contributed by atoms with E-state index in [1.807, 2.05) is 22.8 Å². The third-order valence-corrected chi connectivity index (χ3v) is 7.78. The molecule has 2 aliphatic rings. The highest BCUT2D eigenvalue weighted by molar-refractivity contribution is 7.98. The Bertz CT molecular complexity index is 1070. The Hall–Kier alpha value is -1.96. The molecule has 5 nitrogen and oxygen atoms in total. The molecule has 1 saturated heterocycles. The van der Waals surface area contributed by atoms with Crippen LogP contribution in [-0.2, 0) is 29.9 Å². The van der Waals surface area contributed by atoms with Gasteiger partial charge >= 0.3 is 5.69 Å². The lowest BCUT2D eigenvalue weighted by molar-refractivity contribution is 0.0947. The molecule has 1 atom stereocenters. The number of thiazole rings is 1. The first-order chi connectivity index (χ1) is 14.8. The van der Waals surface area contributed by atoms with E-state index in [2.05, 4.69) is 22.5 Å². The Labute approximate surface area is 184 Å². The van der Waals surface area contributed by atoms with Crippen molar-refractivity contribution in [1.29, 1.82) is 0 Å². The van der Waals surface area contributed by atoms with Gasteiger partial charge in [0.1, 0.15) is 10.0 Å². The lowest BCUT2D eigenvalue weighted by atomic mass is 9.97. The number of hydrogen-bond donors (Lipinski definition) is 0. The molecule has 0 spiro atoms. The SMILES string of the molecule is O=c1nc(SCc2csc(-c3ccccc3)n2)c2c(n1CC1CCCO1)CCCC2. The maximum atomic E-state index is 12.9. The van der Waals surface area contributed by atoms with E-state index in [0.717, 1.165) is 72.2 Å². The van der Waals surface area contributed by atoms with Gasteiger partial charge in [-0.25, -0.2) is 9.78 Å². The monoisotopic (exact) mass is 439 g/mol. The highest BCUT2D eigenvalue weighted by atomic mass is 32.2. The smallest absolute Gasteiger partial charge is 0.348 e. The van der Waals surface area contributed by atoms with Crippen molar-refractivity contribution in [2.75, 3.05) is 6.61 Å². The minimum absolute atomic E-state index is 0.128. The number of aromatic nitrogens is 3. The standard InChI is InChI=1S/C23H25N3O2S2/c27-23-25-22(30-15-17-14-29-21(24-17)16-7-2-1-3-8-16)19-10-4-5-11-20(19)26(23)13-18-9-6-12-28-18/h1-3,7-8,14,18H,4-6,9-13,15H2. The molecule has 0 radical (unpaired) electrons. The van der Waals surface area contributed by atoms with E-state index in [9.17, 15) is 4.79 Å². The summed E-state index contributed by atoms with van der Waals surface area (Å²) in [5, 5.41) is 4.04. The molecule has 7 heteroatoms. The van der Waals surface area contributed by atoms with Gasteiger partial charge < -0.3 is 4.74 Å². The second-order valence-electron chi connectivity index (χ2n) is 7.88. The number of thioether (sulfide) groups is 1. The summed E-state index contributed by atoms with van der Waals surface area (Å²) in [4.78, 5) is 22.2. The van der Waals surface area contributed by atoms with Crippen molar-refractivity contribution in [3.8, 4) is 10.6 Å². The predicted molar refractivity (Wildman–Crippen MR) is 121 cm³/mol. The van der Waals surface area contributed by atoms with Gasteiger partial charge in [-0.3, -0.25) is 4.57 Å². The number of benzene rings is 1. The molecular formula is C23H25N3O2S2. The number of ether oxygens (including phenoxy) is 1. The fraction of sp³-hybridized carbons (Fsp3) is 0.435. The van der Waals surface area contributed by atoms with Crippen LogP contribution in [0.5, 0.6) is 0 Å². The van der Waals surface area contributed by atoms with Gasteiger partial charge in [-0.2, -0.15) is 4.98 Å². The number of hydrogen-bond acceptors (Lipinski definition) is 6. The van der Waals surface area contributed by atoms with Gasteiger partial charge in [-0.15, -0.1) is 11.3 Å². The van der Waals surface area contributed by atoms with Crippen molar-refractivity contribution < 1.29 is 4.74 Å². The van der Waals surface area contributed by atoms with E-state index in [1.165, 1.54) is 11.3 Å². The first-order valence-electron chi connectivity index (χ1n) is 10.6. The molecule has 0 saturated carbocycles. The fourth-order valence-electron chi connectivity index (χ4n) is 4.28. The van der Waals surface area contributed by atoms with E-state index < -0.39 is 0 Å². The minimum atomic E-state index is -0.128. The van der Waals surface area contributed by atoms with Crippen molar-refractivity contribution in [3.05, 3.63) is 63.1 Å². The normalized spacial score (nSPS) is 18.5. The zero-order chi connectivity index (χ0) is 20.3. The fourth-order valence-corrected chi connectivity index (χ4v) is 6.18. The van der Waals surface area contributed by atoms with Crippen LogP contribution in [-0.4, -0.2) is 27.2 Å². The van der Waals surface area contributed by atoms with Crippen molar-refractivity contribution in [2.45, 2.75) is 62.0 Å². The third-order valence-electron chi connectivity index (χ3n) is 5.79. The first kappa shape index (κ1) is 20.0. The Kier molecular flexibility index (Phi) is 6.02. The summed E-state index contributed by atoms with van der Waals surface area (Å²) >= 11 is 3.32. The third kappa shape index (κ3) is 4.24. The number of rotatable bonds is 6. The molecule has 3 aromatic rings. The van der Waals surface area contributed by atoms with Gasteiger partial charge in [0, 0.05) is 34.6 Å². The maximum Gasteiger partial charge on any atom is 0.348 e. The van der Waals surface area contributed by atoms with E-state index in [0.29, 0.717) is 6.54 Å². The molecule has 30 heavy (non-hydrogen) atoms. The van der Waals surface area contributed by atoms with E-state index in [4.69, 9.17) is 9.72 Å². The van der Waals surface area contributed by atoms with Crippen LogP contribution >= 0.6 is 23.1 Å². The molecule has 0 N–H and O–H groups in total. The van der Waals surface area contributed by atoms with Crippen LogP contribution in [0, 0.1) is 0 Å². The van der Waals surface area contributed by atoms with Gasteiger partial charge in [-0.1, -0.05) is 42.1 Å². The Morgan fingerprint density at radius 2 is 2.00 bits per heavy atom. The molecule has 0 amide bonds. The van der Waals surface area contributed by atoms with E-state index in [-0.39, 0.29) is 11.8 Å². The van der Waals surface area contributed by atoms with Gasteiger partial charge in [-0.05, 0) is 38.5 Å². The molecule has 1 fully saturated rings. The molecule has 3 heterocycles. The molecule has 5 rings (SSSR count). The second-order valence-corrected chi connectivity index (χ2v) is 9.70. The van der Waals surface area contributed by atoms with Gasteiger partial charge in [0.15, 0.2) is 0 Å². The first-order valence-corrected chi connectivity index (χ1v) is 12.5. The Morgan fingerprint density at radius 1 is 1.13 bits per heavy atom. The molecule has 2 aromatic heterocycles. The van der Waals surface area contributed by atoms with Crippen molar-refractivity contribution >= 4 is 23.1 Å². The van der Waals surface area contributed by atoms with Gasteiger partial charge in [0.2, 0.25) is 0 Å². The Balaban J connectivity index is 1.36. The minimum Gasteiger partial charge on any atom is -0.376 e. The lowest BCUT2D eigenvalue weighted by Crippen LogP contribution is -2.33. The van der Waals surface area contributed by atoms with Crippen molar-refractivity contribution in [2.24, 2.45) is 0 Å². The van der Waals surface area contributed by atoms with Crippen LogP contribution in [0.1, 0.15) is 42.6 Å². The molecule has 1 aromatic carbocycles. The van der Waals surface area contributed by atoms with Crippen LogP contribution in [0.3, 0.4) is 0 Å². The van der Waals surface area contributed by atoms with Gasteiger partial charge in [0.05, 0.1) is 18.3 Å². The van der Waals surface area contributed by atoms with E-state index in [1.54, 1.807) is 23.1 Å². The average molecular weight is 440 g/mol. The van der Waals surface area contributed by atoms with Gasteiger partial charge in [0.25, 0.3) is 0 Å². The van der Waals surface area contributed by atoms with Crippen LogP contribution in [0.15, 0.2) is 45.5 Å². The van der Waals surface area contributed by atoms with E-state index >= 15 is 0 Å². The lowest BCUT2D eigenvalue weighted by Gasteiger charge is -2.24. The second kappa shape index (κ2) is 9.04.